The van der Waals surface area contributed by atoms with Gasteiger partial charge in [-0.15, -0.1) is 0 Å². The quantitative estimate of drug-likeness (QED) is 0.313. The fourth-order valence-corrected chi connectivity index (χ4v) is 3.90. The lowest BCUT2D eigenvalue weighted by atomic mass is 10.1. The molecule has 186 valence electrons. The molecule has 0 aliphatic heterocycles. The van der Waals surface area contributed by atoms with E-state index in [1.165, 1.54) is 0 Å². The number of nitrogens with zero attached hydrogens (tertiary/aromatic N) is 5. The second-order valence-corrected chi connectivity index (χ2v) is 8.44. The summed E-state index contributed by atoms with van der Waals surface area (Å²) in [7, 11) is 0. The number of pyridine rings is 2. The normalized spacial score (nSPS) is 11.8. The first-order valence-electron chi connectivity index (χ1n) is 11.8. The molecule has 4 heterocycles. The summed E-state index contributed by atoms with van der Waals surface area (Å²) in [5, 5.41) is 11.4. The van der Waals surface area contributed by atoms with E-state index in [4.69, 9.17) is 14.2 Å². The molecule has 0 fully saturated rings. The Morgan fingerprint density at radius 2 is 1.95 bits per heavy atom. The van der Waals surface area contributed by atoms with Crippen molar-refractivity contribution in [2.24, 2.45) is 0 Å². The number of benzene rings is 1. The van der Waals surface area contributed by atoms with Crippen molar-refractivity contribution in [2.45, 2.75) is 32.9 Å². The summed E-state index contributed by atoms with van der Waals surface area (Å²) in [5.41, 5.74) is 3.15. The Bertz CT molecular complexity index is 1550. The Morgan fingerprint density at radius 3 is 2.65 bits per heavy atom. The lowest BCUT2D eigenvalue weighted by Gasteiger charge is -2.16. The predicted molar refractivity (Wildman–Crippen MR) is 136 cm³/mol. The third kappa shape index (κ3) is 5.22. The summed E-state index contributed by atoms with van der Waals surface area (Å²) in [6.45, 7) is 3.90. The van der Waals surface area contributed by atoms with Crippen LogP contribution >= 0.6 is 0 Å². The second kappa shape index (κ2) is 10.4. The van der Waals surface area contributed by atoms with Gasteiger partial charge in [0.15, 0.2) is 17.6 Å². The Labute approximate surface area is 212 Å². The zero-order chi connectivity index (χ0) is 25.8. The van der Waals surface area contributed by atoms with Crippen molar-refractivity contribution < 1.29 is 18.8 Å². The first-order chi connectivity index (χ1) is 18.0. The van der Waals surface area contributed by atoms with Gasteiger partial charge in [0, 0.05) is 24.0 Å². The van der Waals surface area contributed by atoms with Crippen LogP contribution in [0.3, 0.4) is 0 Å². The summed E-state index contributed by atoms with van der Waals surface area (Å²) in [4.78, 5) is 35.2. The highest BCUT2D eigenvalue weighted by molar-refractivity contribution is 6.05. The lowest BCUT2D eigenvalue weighted by molar-refractivity contribution is -0.124. The van der Waals surface area contributed by atoms with Gasteiger partial charge in [0.25, 0.3) is 5.91 Å². The van der Waals surface area contributed by atoms with Crippen molar-refractivity contribution in [1.82, 2.24) is 24.9 Å². The molecule has 0 radical (unpaired) electrons. The van der Waals surface area contributed by atoms with Crippen LogP contribution in [-0.2, 0) is 16.1 Å². The fraction of sp³-hybridized carbons (Fsp3) is 0.185. The molecule has 1 amide bonds. The van der Waals surface area contributed by atoms with Crippen LogP contribution in [0.15, 0.2) is 77.7 Å². The van der Waals surface area contributed by atoms with Crippen molar-refractivity contribution in [3.63, 3.8) is 0 Å². The van der Waals surface area contributed by atoms with E-state index in [-0.39, 0.29) is 17.8 Å². The molecule has 1 atom stereocenters. The number of hydrogen-bond donors (Lipinski definition) is 1. The number of hydrogen-bond acceptors (Lipinski definition) is 8. The number of aryl methyl sites for hydroxylation is 1. The topological polar surface area (TPSA) is 125 Å². The average molecular weight is 497 g/mol. The van der Waals surface area contributed by atoms with Gasteiger partial charge in [-0.25, -0.2) is 14.5 Å². The molecule has 4 aromatic heterocycles. The number of anilines is 1. The Kier molecular flexibility index (Phi) is 6.71. The summed E-state index contributed by atoms with van der Waals surface area (Å²) < 4.78 is 12.4. The number of nitrogens with one attached hydrogen (secondary N) is 1. The van der Waals surface area contributed by atoms with Crippen LogP contribution in [0.5, 0.6) is 0 Å². The minimum atomic E-state index is -1.03. The minimum Gasteiger partial charge on any atom is -0.449 e. The number of carbonyl (C=O) groups is 2. The smallest absolute Gasteiger partial charge is 0.339 e. The van der Waals surface area contributed by atoms with Crippen LogP contribution in [0.1, 0.15) is 35.0 Å². The van der Waals surface area contributed by atoms with Gasteiger partial charge < -0.3 is 14.6 Å². The first-order valence-corrected chi connectivity index (χ1v) is 11.8. The van der Waals surface area contributed by atoms with Crippen LogP contribution in [-0.4, -0.2) is 42.9 Å². The third-order valence-electron chi connectivity index (χ3n) is 5.75. The monoisotopic (exact) mass is 496 g/mol. The number of rotatable bonds is 8. The molecule has 0 bridgehead atoms. The standard InChI is InChI=1S/C27H24N6O4/c1-3-23(26(34)31-24-12-17(2)37-32-24)36-27(35)20-13-22(19-9-5-4-6-10-19)30-25-21(20)15-29-33(25)16-18-8-7-11-28-14-18/h4-15,23H,3,16H2,1-2H3,(H,31,32,34)/t23-/m0/s1. The van der Waals surface area contributed by atoms with Crippen LogP contribution in [0, 0.1) is 6.92 Å². The highest BCUT2D eigenvalue weighted by atomic mass is 16.5. The Hall–Kier alpha value is -4.86. The molecule has 5 aromatic rings. The highest BCUT2D eigenvalue weighted by Gasteiger charge is 2.26. The molecule has 0 unspecified atom stereocenters. The van der Waals surface area contributed by atoms with E-state index in [1.807, 2.05) is 42.5 Å². The molecule has 5 rings (SSSR count). The van der Waals surface area contributed by atoms with Crippen molar-refractivity contribution in [1.29, 1.82) is 0 Å². The second-order valence-electron chi connectivity index (χ2n) is 8.44. The van der Waals surface area contributed by atoms with E-state index < -0.39 is 18.0 Å². The molecule has 0 spiro atoms. The molecule has 1 N–H and O–H groups in total. The van der Waals surface area contributed by atoms with Crippen LogP contribution < -0.4 is 5.32 Å². The summed E-state index contributed by atoms with van der Waals surface area (Å²) in [6.07, 6.45) is 4.29. The van der Waals surface area contributed by atoms with E-state index in [2.05, 4.69) is 20.6 Å². The maximum atomic E-state index is 13.4. The van der Waals surface area contributed by atoms with E-state index in [0.29, 0.717) is 29.0 Å². The van der Waals surface area contributed by atoms with Crippen molar-refractivity contribution >= 4 is 28.7 Å². The van der Waals surface area contributed by atoms with Gasteiger partial charge in [0.2, 0.25) is 0 Å². The molecule has 0 aliphatic carbocycles. The summed E-state index contributed by atoms with van der Waals surface area (Å²) in [5.74, 6) is -0.337. The maximum absolute atomic E-state index is 13.4. The molecule has 0 aliphatic rings. The van der Waals surface area contributed by atoms with Crippen molar-refractivity contribution in [3.8, 4) is 11.3 Å². The van der Waals surface area contributed by atoms with E-state index in [1.54, 1.807) is 49.3 Å². The average Bonchev–Trinajstić information content (AvgIpc) is 3.53. The fourth-order valence-electron chi connectivity index (χ4n) is 3.90. The SMILES string of the molecule is CC[C@H](OC(=O)c1cc(-c2ccccc2)nc2c1cnn2Cc1cccnc1)C(=O)Nc1cc(C)on1. The highest BCUT2D eigenvalue weighted by Crippen LogP contribution is 2.26. The van der Waals surface area contributed by atoms with Crippen molar-refractivity contribution in [2.75, 3.05) is 5.32 Å². The van der Waals surface area contributed by atoms with Gasteiger partial charge in [0.05, 0.1) is 29.4 Å². The number of carbonyl (C=O) groups excluding carboxylic acids is 2. The number of esters is 1. The van der Waals surface area contributed by atoms with E-state index >= 15 is 0 Å². The van der Waals surface area contributed by atoms with Crippen LogP contribution in [0.4, 0.5) is 5.82 Å². The van der Waals surface area contributed by atoms with Crippen LogP contribution in [0.25, 0.3) is 22.3 Å². The van der Waals surface area contributed by atoms with Gasteiger partial charge >= 0.3 is 5.97 Å². The Morgan fingerprint density at radius 1 is 1.11 bits per heavy atom. The molecule has 10 nitrogen and oxygen atoms in total. The molecule has 0 saturated carbocycles. The molecule has 10 heteroatoms. The summed E-state index contributed by atoms with van der Waals surface area (Å²) >= 11 is 0. The molecular weight excluding hydrogens is 472 g/mol. The van der Waals surface area contributed by atoms with Gasteiger partial charge in [-0.2, -0.15) is 5.10 Å². The van der Waals surface area contributed by atoms with Gasteiger partial charge in [-0.3, -0.25) is 9.78 Å². The van der Waals surface area contributed by atoms with Gasteiger partial charge in [-0.05, 0) is 31.0 Å². The maximum Gasteiger partial charge on any atom is 0.339 e. The van der Waals surface area contributed by atoms with E-state index in [0.717, 1.165) is 11.1 Å². The van der Waals surface area contributed by atoms with Gasteiger partial charge in [0.1, 0.15) is 5.76 Å². The lowest BCUT2D eigenvalue weighted by Crippen LogP contribution is -2.32. The Balaban J connectivity index is 1.49. The molecule has 1 aromatic carbocycles. The number of fused-ring (bicyclic) bond motifs is 1. The van der Waals surface area contributed by atoms with E-state index in [9.17, 15) is 9.59 Å². The molecular formula is C27H24N6O4. The number of aromatic nitrogens is 5. The van der Waals surface area contributed by atoms with Crippen LogP contribution in [0.2, 0.25) is 0 Å². The largest absolute Gasteiger partial charge is 0.449 e. The molecule has 0 saturated heterocycles. The first kappa shape index (κ1) is 23.9. The predicted octanol–water partition coefficient (Wildman–Crippen LogP) is 4.41. The molecule has 37 heavy (non-hydrogen) atoms. The minimum absolute atomic E-state index is 0.256. The van der Waals surface area contributed by atoms with Gasteiger partial charge in [-0.1, -0.05) is 48.5 Å². The number of ether oxygens (including phenoxy) is 1. The van der Waals surface area contributed by atoms with Crippen molar-refractivity contribution in [3.05, 3.63) is 90.1 Å². The summed E-state index contributed by atoms with van der Waals surface area (Å²) in [6, 6.07) is 16.6. The number of amides is 1. The zero-order valence-electron chi connectivity index (χ0n) is 20.3. The zero-order valence-corrected chi connectivity index (χ0v) is 20.3. The third-order valence-corrected chi connectivity index (χ3v) is 5.75.